The molecule has 0 spiro atoms. The topological polar surface area (TPSA) is 46.3 Å². The molecule has 3 heteroatoms. The van der Waals surface area contributed by atoms with Gasteiger partial charge in [0.25, 0.3) is 0 Å². The third-order valence-electron chi connectivity index (χ3n) is 3.53. The van der Waals surface area contributed by atoms with Gasteiger partial charge in [-0.05, 0) is 30.6 Å². The summed E-state index contributed by atoms with van der Waals surface area (Å²) in [5, 5.41) is 0. The highest BCUT2D eigenvalue weighted by atomic mass is 16.2. The van der Waals surface area contributed by atoms with Crippen molar-refractivity contribution in [2.45, 2.75) is 53.0 Å². The minimum Gasteiger partial charge on any atom is -0.341 e. The van der Waals surface area contributed by atoms with Crippen molar-refractivity contribution in [3.8, 4) is 0 Å². The van der Waals surface area contributed by atoms with Gasteiger partial charge in [0.05, 0.1) is 6.04 Å². The van der Waals surface area contributed by atoms with Crippen LogP contribution in [-0.2, 0) is 4.79 Å². The third-order valence-corrected chi connectivity index (χ3v) is 3.53. The predicted molar refractivity (Wildman–Crippen MR) is 67.0 cm³/mol. The number of carbonyl (C=O) groups excluding carboxylic acids is 1. The number of nitrogens with zero attached hydrogens (tertiary/aromatic N) is 1. The molecule has 0 aromatic heterocycles. The Balaban J connectivity index is 2.60. The normalized spacial score (nSPS) is 25.1. The van der Waals surface area contributed by atoms with Crippen molar-refractivity contribution in [3.63, 3.8) is 0 Å². The fourth-order valence-corrected chi connectivity index (χ4v) is 2.05. The summed E-state index contributed by atoms with van der Waals surface area (Å²) < 4.78 is 0. The summed E-state index contributed by atoms with van der Waals surface area (Å²) >= 11 is 0. The lowest BCUT2D eigenvalue weighted by molar-refractivity contribution is -0.134. The van der Waals surface area contributed by atoms with Crippen LogP contribution in [0.1, 0.15) is 47.0 Å². The van der Waals surface area contributed by atoms with E-state index in [1.807, 2.05) is 25.7 Å². The molecule has 3 nitrogen and oxygen atoms in total. The van der Waals surface area contributed by atoms with Crippen LogP contribution in [0.5, 0.6) is 0 Å². The Labute approximate surface area is 99.4 Å². The maximum Gasteiger partial charge on any atom is 0.240 e. The second kappa shape index (κ2) is 5.17. The molecule has 1 rings (SSSR count). The molecule has 2 N–H and O–H groups in total. The van der Waals surface area contributed by atoms with Crippen molar-refractivity contribution >= 4 is 5.91 Å². The highest BCUT2D eigenvalue weighted by molar-refractivity contribution is 5.82. The minimum atomic E-state index is -0.374. The van der Waals surface area contributed by atoms with E-state index in [1.54, 1.807) is 0 Å². The third kappa shape index (κ3) is 3.48. The first-order valence-corrected chi connectivity index (χ1v) is 6.36. The first-order valence-electron chi connectivity index (χ1n) is 6.36. The molecule has 94 valence electrons. The van der Waals surface area contributed by atoms with Gasteiger partial charge in [-0.25, -0.2) is 0 Å². The summed E-state index contributed by atoms with van der Waals surface area (Å²) in [6, 6.07) is -0.374. The van der Waals surface area contributed by atoms with Crippen LogP contribution in [0.25, 0.3) is 0 Å². The maximum atomic E-state index is 12.2. The van der Waals surface area contributed by atoms with Crippen LogP contribution >= 0.6 is 0 Å². The van der Waals surface area contributed by atoms with E-state index in [1.165, 1.54) is 6.42 Å². The fraction of sp³-hybridized carbons (Fsp3) is 0.923. The van der Waals surface area contributed by atoms with E-state index in [0.29, 0.717) is 0 Å². The van der Waals surface area contributed by atoms with Crippen LogP contribution in [-0.4, -0.2) is 29.9 Å². The molecule has 0 aliphatic carbocycles. The average molecular weight is 226 g/mol. The van der Waals surface area contributed by atoms with Gasteiger partial charge in [0.15, 0.2) is 0 Å². The maximum absolute atomic E-state index is 12.2. The number of hydrogen-bond acceptors (Lipinski definition) is 2. The van der Waals surface area contributed by atoms with E-state index < -0.39 is 0 Å². The Morgan fingerprint density at radius 3 is 2.50 bits per heavy atom. The van der Waals surface area contributed by atoms with Crippen LogP contribution in [0, 0.1) is 11.3 Å². The molecule has 1 amide bonds. The van der Waals surface area contributed by atoms with E-state index in [9.17, 15) is 4.79 Å². The van der Waals surface area contributed by atoms with Crippen molar-refractivity contribution in [2.75, 3.05) is 13.1 Å². The molecule has 1 unspecified atom stereocenters. The number of rotatable bonds is 1. The van der Waals surface area contributed by atoms with Crippen LogP contribution in [0.2, 0.25) is 0 Å². The molecular formula is C13H26N2O. The molecule has 0 radical (unpaired) electrons. The summed E-state index contributed by atoms with van der Waals surface area (Å²) in [5.41, 5.74) is 5.88. The number of likely N-dealkylation sites (tertiary alicyclic amines) is 1. The van der Waals surface area contributed by atoms with Crippen LogP contribution in [0.4, 0.5) is 0 Å². The van der Waals surface area contributed by atoms with Gasteiger partial charge in [0.2, 0.25) is 5.91 Å². The van der Waals surface area contributed by atoms with Crippen molar-refractivity contribution in [1.29, 1.82) is 0 Å². The number of amides is 1. The second-order valence-corrected chi connectivity index (χ2v) is 6.21. The van der Waals surface area contributed by atoms with Gasteiger partial charge < -0.3 is 10.6 Å². The second-order valence-electron chi connectivity index (χ2n) is 6.21. The molecule has 1 saturated heterocycles. The van der Waals surface area contributed by atoms with Gasteiger partial charge in [-0.3, -0.25) is 4.79 Å². The van der Waals surface area contributed by atoms with E-state index in [2.05, 4.69) is 6.92 Å². The Kier molecular flexibility index (Phi) is 4.36. The van der Waals surface area contributed by atoms with E-state index >= 15 is 0 Å². The Morgan fingerprint density at radius 2 is 1.94 bits per heavy atom. The van der Waals surface area contributed by atoms with Crippen LogP contribution in [0.3, 0.4) is 0 Å². The van der Waals surface area contributed by atoms with Gasteiger partial charge in [-0.1, -0.05) is 27.7 Å². The number of hydrogen-bond donors (Lipinski definition) is 1. The minimum absolute atomic E-state index is 0.126. The number of nitrogens with two attached hydrogens (primary N) is 1. The van der Waals surface area contributed by atoms with Gasteiger partial charge in [-0.15, -0.1) is 0 Å². The largest absolute Gasteiger partial charge is 0.341 e. The summed E-state index contributed by atoms with van der Waals surface area (Å²) in [4.78, 5) is 14.2. The molecule has 16 heavy (non-hydrogen) atoms. The molecule has 0 bridgehead atoms. The van der Waals surface area contributed by atoms with Crippen molar-refractivity contribution in [3.05, 3.63) is 0 Å². The number of carbonyl (C=O) groups is 1. The van der Waals surface area contributed by atoms with Crippen LogP contribution in [0.15, 0.2) is 0 Å². The van der Waals surface area contributed by atoms with E-state index in [0.717, 1.165) is 31.8 Å². The summed E-state index contributed by atoms with van der Waals surface area (Å²) in [6.45, 7) is 10.1. The molecule has 1 heterocycles. The molecule has 1 aliphatic rings. The van der Waals surface area contributed by atoms with E-state index in [4.69, 9.17) is 5.73 Å². The van der Waals surface area contributed by atoms with Crippen molar-refractivity contribution in [2.24, 2.45) is 17.1 Å². The summed E-state index contributed by atoms with van der Waals surface area (Å²) in [6.07, 6.45) is 3.46. The summed E-state index contributed by atoms with van der Waals surface area (Å²) in [5.74, 6) is 0.866. The standard InChI is InChI=1S/C13H26N2O/c1-10-6-5-8-15(9-7-10)12(16)11(14)13(2,3)4/h10-11H,5-9,14H2,1-4H3/t10?,11-/m1/s1. The highest BCUT2D eigenvalue weighted by Gasteiger charge is 2.31. The highest BCUT2D eigenvalue weighted by Crippen LogP contribution is 2.22. The zero-order chi connectivity index (χ0) is 12.3. The fourth-order valence-electron chi connectivity index (χ4n) is 2.05. The lowest BCUT2D eigenvalue weighted by atomic mass is 9.86. The first kappa shape index (κ1) is 13.5. The summed E-state index contributed by atoms with van der Waals surface area (Å²) in [7, 11) is 0. The molecule has 2 atom stereocenters. The Bertz CT molecular complexity index is 245. The first-order chi connectivity index (χ1) is 7.32. The molecular weight excluding hydrogens is 200 g/mol. The Morgan fingerprint density at radius 1 is 1.31 bits per heavy atom. The van der Waals surface area contributed by atoms with Gasteiger partial charge in [0, 0.05) is 13.1 Å². The molecule has 0 aromatic rings. The van der Waals surface area contributed by atoms with Crippen molar-refractivity contribution in [1.82, 2.24) is 4.90 Å². The quantitative estimate of drug-likeness (QED) is 0.743. The van der Waals surface area contributed by atoms with Gasteiger partial charge in [-0.2, -0.15) is 0 Å². The molecule has 0 aromatic carbocycles. The van der Waals surface area contributed by atoms with Crippen LogP contribution < -0.4 is 5.73 Å². The monoisotopic (exact) mass is 226 g/mol. The van der Waals surface area contributed by atoms with Crippen molar-refractivity contribution < 1.29 is 4.79 Å². The predicted octanol–water partition coefficient (Wildman–Crippen LogP) is 2.01. The zero-order valence-corrected chi connectivity index (χ0v) is 11.1. The Hall–Kier alpha value is -0.570. The lowest BCUT2D eigenvalue weighted by Crippen LogP contribution is -2.50. The zero-order valence-electron chi connectivity index (χ0n) is 11.1. The smallest absolute Gasteiger partial charge is 0.240 e. The SMILES string of the molecule is CC1CCCN(C(=O)[C@@H](N)C(C)(C)C)CC1. The molecule has 1 fully saturated rings. The van der Waals surface area contributed by atoms with Gasteiger partial charge >= 0.3 is 0 Å². The average Bonchev–Trinajstić information content (AvgIpc) is 2.39. The molecule has 1 aliphatic heterocycles. The van der Waals surface area contributed by atoms with E-state index in [-0.39, 0.29) is 17.4 Å². The molecule has 0 saturated carbocycles. The van der Waals surface area contributed by atoms with Gasteiger partial charge in [0.1, 0.15) is 0 Å². The lowest BCUT2D eigenvalue weighted by Gasteiger charge is -2.31.